The van der Waals surface area contributed by atoms with Gasteiger partial charge in [0.1, 0.15) is 11.9 Å². The number of carbonyl (C=O) groups is 2. The maximum Gasteiger partial charge on any atom is 0.416 e. The molecule has 29 heteroatoms. The molecule has 9 rings (SSSR count). The Labute approximate surface area is 484 Å². The van der Waals surface area contributed by atoms with Gasteiger partial charge in [0.05, 0.1) is 44.5 Å². The molecule has 0 N–H and O–H groups in total. The van der Waals surface area contributed by atoms with E-state index in [-0.39, 0.29) is 12.3 Å². The number of rotatable bonds is 9. The van der Waals surface area contributed by atoms with Gasteiger partial charge in [-0.05, 0) is 59.7 Å². The lowest BCUT2D eigenvalue weighted by atomic mass is 9.12. The Balaban J connectivity index is 0.000000267. The zero-order valence-corrected chi connectivity index (χ0v) is 43.8. The standard InChI is InChI=1S/C32H12BF24.C28H20NO3/c34-25(35,36)13-1-14(26(37,38)39)6-21(5-13)33(22-7-15(27(40,41)42)2-16(8-22)28(43,44)45,23-9-17(29(46,47)48)3-18(10-23)30(49,50)51)24-11-19(31(52,53)54)4-20(12-24)32(55,56)57;30-27(21-10-3-1-4-11-21)19-29-25-14-8-7-9-20(25)15-16-26(29)28(31)32-24-17-22-12-5-2-6-13-23(22)18-24/h1-12H;1-18H,19H2/q-1;+1. The summed E-state index contributed by atoms with van der Waals surface area (Å²) in [5.74, 6) is -0.103. The monoisotopic (exact) mass is 1280 g/mol. The van der Waals surface area contributed by atoms with Gasteiger partial charge in [0, 0.05) is 23.1 Å². The van der Waals surface area contributed by atoms with Gasteiger partial charge in [-0.2, -0.15) is 132 Å². The molecule has 0 amide bonds. The van der Waals surface area contributed by atoms with Gasteiger partial charge in [-0.3, -0.25) is 4.79 Å². The first-order chi connectivity index (χ1) is 40.9. The molecular weight excluding hydrogens is 1250 g/mol. The van der Waals surface area contributed by atoms with E-state index in [1.807, 2.05) is 91.0 Å². The van der Waals surface area contributed by atoms with Gasteiger partial charge in [-0.25, -0.2) is 4.79 Å². The summed E-state index contributed by atoms with van der Waals surface area (Å²) in [4.78, 5) is 26.1. The fourth-order valence-electron chi connectivity index (χ4n) is 9.95. The molecule has 4 nitrogen and oxygen atoms in total. The molecule has 2 aliphatic rings. The molecule has 466 valence electrons. The summed E-state index contributed by atoms with van der Waals surface area (Å²) in [6.45, 7) is 0.0363. The van der Waals surface area contributed by atoms with E-state index in [0.717, 1.165) is 22.0 Å². The molecule has 0 saturated heterocycles. The number of ether oxygens (including phenoxy) is 1. The summed E-state index contributed by atoms with van der Waals surface area (Å²) < 4.78 is 348. The molecule has 0 atom stereocenters. The Morgan fingerprint density at radius 3 is 0.944 bits per heavy atom. The Morgan fingerprint density at radius 2 is 0.629 bits per heavy atom. The topological polar surface area (TPSA) is 47.2 Å². The summed E-state index contributed by atoms with van der Waals surface area (Å²) in [5.41, 5.74) is -26.5. The number of alkyl halides is 24. The number of aromatic nitrogens is 1. The van der Waals surface area contributed by atoms with Crippen LogP contribution in [0.2, 0.25) is 0 Å². The lowest BCUT2D eigenvalue weighted by Gasteiger charge is -2.46. The Morgan fingerprint density at radius 1 is 0.337 bits per heavy atom. The number of esters is 1. The van der Waals surface area contributed by atoms with Crippen LogP contribution in [0.1, 0.15) is 65.4 Å². The van der Waals surface area contributed by atoms with Crippen molar-refractivity contribution in [3.63, 3.8) is 0 Å². The number of fused-ring (bicyclic) bond motifs is 2. The number of carbonyl (C=O) groups excluding carboxylic acids is 2. The van der Waals surface area contributed by atoms with Gasteiger partial charge in [-0.1, -0.05) is 121 Å². The van der Waals surface area contributed by atoms with Crippen LogP contribution >= 0.6 is 0 Å². The predicted octanol–water partition coefficient (Wildman–Crippen LogP) is 16.5. The largest absolute Gasteiger partial charge is 0.419 e. The highest BCUT2D eigenvalue weighted by atomic mass is 19.4. The minimum absolute atomic E-state index is 0.0363. The number of Topliss-reactive ketones (excluding diaryl/α,β-unsaturated/α-hetero) is 1. The average Bonchev–Trinajstić information content (AvgIpc) is 1.82. The number of hydrogen-bond donors (Lipinski definition) is 0. The number of hydrogen-bond acceptors (Lipinski definition) is 3. The van der Waals surface area contributed by atoms with E-state index in [0.29, 0.717) is 17.0 Å². The maximum atomic E-state index is 14.2. The van der Waals surface area contributed by atoms with E-state index in [1.54, 1.807) is 22.8 Å². The maximum absolute atomic E-state index is 14.2. The second-order valence-corrected chi connectivity index (χ2v) is 19.8. The average molecular weight is 1280 g/mol. The van der Waals surface area contributed by atoms with Crippen molar-refractivity contribution in [2.24, 2.45) is 0 Å². The normalized spacial score (nSPS) is 13.1. The van der Waals surface area contributed by atoms with Crippen LogP contribution in [0.25, 0.3) is 22.0 Å². The van der Waals surface area contributed by atoms with E-state index < -0.39 is 201 Å². The molecule has 0 unspecified atom stereocenters. The number of halogens is 24. The van der Waals surface area contributed by atoms with E-state index >= 15 is 0 Å². The van der Waals surface area contributed by atoms with Crippen LogP contribution in [0.5, 0.6) is 5.75 Å². The zero-order valence-electron chi connectivity index (χ0n) is 43.8. The molecule has 0 aliphatic heterocycles. The number of nitrogens with zero attached hydrogens (tertiary/aromatic N) is 1. The van der Waals surface area contributed by atoms with Gasteiger partial charge in [0.2, 0.25) is 17.8 Å². The fraction of sp³-hybridized carbons (Fsp3) is 0.150. The molecule has 0 fully saturated rings. The second kappa shape index (κ2) is 23.5. The van der Waals surface area contributed by atoms with Crippen molar-refractivity contribution in [2.75, 3.05) is 0 Å². The van der Waals surface area contributed by atoms with E-state index in [4.69, 9.17) is 4.74 Å². The second-order valence-electron chi connectivity index (χ2n) is 19.8. The third-order valence-electron chi connectivity index (χ3n) is 13.9. The molecular formula is C60H32BF24NO3. The molecule has 0 bridgehead atoms. The van der Waals surface area contributed by atoms with Crippen LogP contribution < -0.4 is 31.2 Å². The number of para-hydroxylation sites is 1. The van der Waals surface area contributed by atoms with Gasteiger partial charge in [0.25, 0.3) is 5.69 Å². The lowest BCUT2D eigenvalue weighted by Crippen LogP contribution is -2.75. The molecule has 0 saturated carbocycles. The van der Waals surface area contributed by atoms with E-state index in [2.05, 4.69) is 0 Å². The first-order valence-corrected chi connectivity index (χ1v) is 25.0. The van der Waals surface area contributed by atoms with Gasteiger partial charge >= 0.3 is 55.4 Å². The molecule has 89 heavy (non-hydrogen) atoms. The minimum Gasteiger partial charge on any atom is -0.419 e. The van der Waals surface area contributed by atoms with Crippen molar-refractivity contribution in [3.05, 3.63) is 238 Å². The van der Waals surface area contributed by atoms with Crippen LogP contribution in [0.15, 0.2) is 182 Å². The van der Waals surface area contributed by atoms with Crippen molar-refractivity contribution in [1.82, 2.24) is 0 Å². The molecule has 6 aromatic carbocycles. The van der Waals surface area contributed by atoms with Crippen LogP contribution in [0.3, 0.4) is 0 Å². The first-order valence-electron chi connectivity index (χ1n) is 25.0. The number of benzene rings is 6. The molecule has 1 heterocycles. The van der Waals surface area contributed by atoms with Gasteiger partial charge in [0.15, 0.2) is 0 Å². The highest BCUT2D eigenvalue weighted by molar-refractivity contribution is 7.20. The van der Waals surface area contributed by atoms with Gasteiger partial charge in [-0.15, -0.1) is 0 Å². The fourth-order valence-corrected chi connectivity index (χ4v) is 9.95. The number of pyridine rings is 1. The quantitative estimate of drug-likeness (QED) is 0.0476. The summed E-state index contributed by atoms with van der Waals surface area (Å²) in [6, 6.07) is 25.0. The summed E-state index contributed by atoms with van der Waals surface area (Å²) in [7, 11) is 0. The zero-order chi connectivity index (χ0) is 65.8. The number of ketones is 1. The van der Waals surface area contributed by atoms with Crippen molar-refractivity contribution >= 4 is 50.7 Å². The molecule has 1 aromatic heterocycles. The smallest absolute Gasteiger partial charge is 0.416 e. The highest BCUT2D eigenvalue weighted by Crippen LogP contribution is 2.42. The lowest BCUT2D eigenvalue weighted by molar-refractivity contribution is -0.659. The van der Waals surface area contributed by atoms with E-state index in [9.17, 15) is 115 Å². The third-order valence-corrected chi connectivity index (χ3v) is 13.9. The summed E-state index contributed by atoms with van der Waals surface area (Å²) >= 11 is 0. The summed E-state index contributed by atoms with van der Waals surface area (Å²) in [5, 5.41) is 0.941. The van der Waals surface area contributed by atoms with Crippen molar-refractivity contribution in [1.29, 1.82) is 0 Å². The SMILES string of the molecule is FC(F)(F)c1cc([B-](c2cc(C(F)(F)F)cc(C(F)(F)F)c2)(c2cc(C(F)(F)F)cc(C(F)(F)F)c2)c2cc(C(F)(F)F)cc(C(F)(F)F)c2)cc(C(F)(F)F)c1.O=C(C[n+]1c(C(=O)Oc2cc3cccccc-3c2)ccc2ccccc21)c1ccccc1. The van der Waals surface area contributed by atoms with Gasteiger partial charge < -0.3 is 4.74 Å². The van der Waals surface area contributed by atoms with Crippen molar-refractivity contribution in [2.45, 2.75) is 56.0 Å². The molecule has 2 aliphatic carbocycles. The molecule has 7 aromatic rings. The molecule has 0 radical (unpaired) electrons. The minimum atomic E-state index is -6.13. The van der Waals surface area contributed by atoms with Crippen LogP contribution in [0, 0.1) is 0 Å². The Bertz CT molecular complexity index is 3610. The van der Waals surface area contributed by atoms with Crippen LogP contribution in [-0.4, -0.2) is 17.9 Å². The Hall–Kier alpha value is -9.05. The van der Waals surface area contributed by atoms with Crippen LogP contribution in [0.4, 0.5) is 105 Å². The predicted molar refractivity (Wildman–Crippen MR) is 273 cm³/mol. The Kier molecular flexibility index (Phi) is 17.4. The highest BCUT2D eigenvalue weighted by Gasteiger charge is 2.47. The first kappa shape index (κ1) is 65.9. The van der Waals surface area contributed by atoms with Crippen molar-refractivity contribution in [3.8, 4) is 16.9 Å². The third kappa shape index (κ3) is 14.6. The van der Waals surface area contributed by atoms with E-state index in [1.165, 1.54) is 0 Å². The van der Waals surface area contributed by atoms with Crippen molar-refractivity contribution < 1.29 is 124 Å². The summed E-state index contributed by atoms with van der Waals surface area (Å²) in [6.07, 6.45) is -54.8. The molecule has 0 spiro atoms. The van der Waals surface area contributed by atoms with Crippen LogP contribution in [-0.2, 0) is 56.0 Å².